The largest absolute Gasteiger partial charge is 0.480 e. The van der Waals surface area contributed by atoms with E-state index in [-0.39, 0.29) is 12.1 Å². The number of carboxylic acid groups (broad SMARTS) is 1. The van der Waals surface area contributed by atoms with Crippen LogP contribution in [0.5, 0.6) is 0 Å². The molecular weight excluding hydrogens is 260 g/mol. The molecule has 0 radical (unpaired) electrons. The molecule has 0 spiro atoms. The van der Waals surface area contributed by atoms with Gasteiger partial charge >= 0.3 is 12.0 Å². The number of carboxylic acids is 1. The molecule has 20 heavy (non-hydrogen) atoms. The van der Waals surface area contributed by atoms with Gasteiger partial charge in [-0.05, 0) is 12.8 Å². The number of aliphatic carboxylic acids is 1. The maximum atomic E-state index is 11.9. The van der Waals surface area contributed by atoms with Crippen molar-refractivity contribution in [3.05, 3.63) is 0 Å². The van der Waals surface area contributed by atoms with Crippen molar-refractivity contribution in [2.75, 3.05) is 46.8 Å². The molecular formula is C13H24N4O3. The molecule has 7 nitrogen and oxygen atoms in total. The normalized spacial score (nSPS) is 25.5. The van der Waals surface area contributed by atoms with E-state index in [1.54, 1.807) is 19.0 Å². The number of amides is 2. The minimum absolute atomic E-state index is 0.0403. The average Bonchev–Trinajstić information content (AvgIpc) is 2.46. The number of carbonyl (C=O) groups is 2. The van der Waals surface area contributed by atoms with Crippen molar-refractivity contribution < 1.29 is 14.7 Å². The van der Waals surface area contributed by atoms with Crippen molar-refractivity contribution in [2.45, 2.75) is 24.9 Å². The summed E-state index contributed by atoms with van der Waals surface area (Å²) in [5, 5.41) is 12.4. The molecule has 0 aromatic heterocycles. The standard InChI is InChI=1S/C13H24N4O3/c1-15(2)13(20)16-6-3-10(4-7-16)17-8-5-14-9-11(17)12(18)19/h10-11,14H,3-9H2,1-2H3,(H,18,19). The van der Waals surface area contributed by atoms with Crippen LogP contribution in [0.4, 0.5) is 4.79 Å². The second-order valence-electron chi connectivity index (χ2n) is 5.69. The molecule has 1 unspecified atom stereocenters. The predicted octanol–water partition coefficient (Wildman–Crippen LogP) is -0.509. The molecule has 2 fully saturated rings. The van der Waals surface area contributed by atoms with Crippen molar-refractivity contribution in [1.82, 2.24) is 20.0 Å². The summed E-state index contributed by atoms with van der Waals surface area (Å²) in [5.41, 5.74) is 0. The fraction of sp³-hybridized carbons (Fsp3) is 0.846. The molecule has 2 heterocycles. The van der Waals surface area contributed by atoms with Gasteiger partial charge in [0.2, 0.25) is 0 Å². The van der Waals surface area contributed by atoms with Crippen LogP contribution in [0.3, 0.4) is 0 Å². The summed E-state index contributed by atoms with van der Waals surface area (Å²) in [6.45, 7) is 3.52. The predicted molar refractivity (Wildman–Crippen MR) is 74.7 cm³/mol. The molecule has 0 bridgehead atoms. The van der Waals surface area contributed by atoms with E-state index in [0.717, 1.165) is 25.9 Å². The first-order valence-corrected chi connectivity index (χ1v) is 7.16. The zero-order valence-corrected chi connectivity index (χ0v) is 12.2. The molecule has 2 aliphatic heterocycles. The van der Waals surface area contributed by atoms with E-state index in [1.807, 2.05) is 4.90 Å². The lowest BCUT2D eigenvalue weighted by atomic mass is 10.00. The van der Waals surface area contributed by atoms with Gasteiger partial charge in [0.15, 0.2) is 0 Å². The number of nitrogens with one attached hydrogen (secondary N) is 1. The number of piperidine rings is 1. The smallest absolute Gasteiger partial charge is 0.322 e. The quantitative estimate of drug-likeness (QED) is 0.714. The van der Waals surface area contributed by atoms with Crippen molar-refractivity contribution in [3.63, 3.8) is 0 Å². The maximum Gasteiger partial charge on any atom is 0.322 e. The van der Waals surface area contributed by atoms with Gasteiger partial charge in [0.25, 0.3) is 0 Å². The lowest BCUT2D eigenvalue weighted by Gasteiger charge is -2.43. The number of likely N-dealkylation sites (tertiary alicyclic amines) is 1. The Morgan fingerprint density at radius 3 is 2.40 bits per heavy atom. The van der Waals surface area contributed by atoms with E-state index in [4.69, 9.17) is 0 Å². The first-order valence-electron chi connectivity index (χ1n) is 7.16. The molecule has 2 saturated heterocycles. The Labute approximate surface area is 119 Å². The van der Waals surface area contributed by atoms with E-state index in [2.05, 4.69) is 10.2 Å². The van der Waals surface area contributed by atoms with Gasteiger partial charge in [-0.15, -0.1) is 0 Å². The van der Waals surface area contributed by atoms with E-state index in [1.165, 1.54) is 0 Å². The summed E-state index contributed by atoms with van der Waals surface area (Å²) in [5.74, 6) is -0.760. The Morgan fingerprint density at radius 1 is 1.20 bits per heavy atom. The van der Waals surface area contributed by atoms with Crippen LogP contribution in [0.15, 0.2) is 0 Å². The Hall–Kier alpha value is -1.34. The Morgan fingerprint density at radius 2 is 1.85 bits per heavy atom. The SMILES string of the molecule is CN(C)C(=O)N1CCC(N2CCNCC2C(=O)O)CC1. The van der Waals surface area contributed by atoms with Crippen molar-refractivity contribution in [2.24, 2.45) is 0 Å². The van der Waals surface area contributed by atoms with Crippen molar-refractivity contribution in [1.29, 1.82) is 0 Å². The molecule has 0 aliphatic carbocycles. The first-order chi connectivity index (χ1) is 9.50. The van der Waals surface area contributed by atoms with Crippen LogP contribution in [0, 0.1) is 0 Å². The molecule has 7 heteroatoms. The number of hydrogen-bond acceptors (Lipinski definition) is 4. The Kier molecular flexibility index (Phi) is 4.82. The fourth-order valence-corrected chi connectivity index (χ4v) is 3.06. The summed E-state index contributed by atoms with van der Waals surface area (Å²) in [4.78, 5) is 28.7. The molecule has 2 rings (SSSR count). The minimum Gasteiger partial charge on any atom is -0.480 e. The molecule has 114 valence electrons. The molecule has 1 atom stereocenters. The highest BCUT2D eigenvalue weighted by molar-refractivity contribution is 5.74. The average molecular weight is 284 g/mol. The summed E-state index contributed by atoms with van der Waals surface area (Å²) in [7, 11) is 3.51. The van der Waals surface area contributed by atoms with Gasteiger partial charge in [-0.1, -0.05) is 0 Å². The Balaban J connectivity index is 1.92. The van der Waals surface area contributed by atoms with Gasteiger partial charge in [0.05, 0.1) is 0 Å². The van der Waals surface area contributed by atoms with Crippen molar-refractivity contribution >= 4 is 12.0 Å². The maximum absolute atomic E-state index is 11.9. The van der Waals surface area contributed by atoms with Gasteiger partial charge in [0.1, 0.15) is 6.04 Å². The van der Waals surface area contributed by atoms with Crippen molar-refractivity contribution in [3.8, 4) is 0 Å². The lowest BCUT2D eigenvalue weighted by molar-refractivity contribution is -0.145. The van der Waals surface area contributed by atoms with Gasteiger partial charge in [-0.3, -0.25) is 9.69 Å². The number of hydrogen-bond donors (Lipinski definition) is 2. The summed E-state index contributed by atoms with van der Waals surface area (Å²) < 4.78 is 0. The molecule has 2 N–H and O–H groups in total. The number of rotatable bonds is 2. The second kappa shape index (κ2) is 6.41. The van der Waals surface area contributed by atoms with Gasteiger partial charge in [0, 0.05) is 52.9 Å². The van der Waals surface area contributed by atoms with Gasteiger partial charge < -0.3 is 20.2 Å². The van der Waals surface area contributed by atoms with E-state index >= 15 is 0 Å². The monoisotopic (exact) mass is 284 g/mol. The van der Waals surface area contributed by atoms with E-state index in [0.29, 0.717) is 19.6 Å². The summed E-state index contributed by atoms with van der Waals surface area (Å²) in [6, 6.07) is -0.132. The van der Waals surface area contributed by atoms with Crippen LogP contribution in [-0.4, -0.2) is 90.7 Å². The van der Waals surface area contributed by atoms with Crippen LogP contribution >= 0.6 is 0 Å². The highest BCUT2D eigenvalue weighted by atomic mass is 16.4. The number of carbonyl (C=O) groups excluding carboxylic acids is 1. The summed E-state index contributed by atoms with van der Waals surface area (Å²) >= 11 is 0. The molecule has 0 aromatic rings. The van der Waals surface area contributed by atoms with E-state index < -0.39 is 12.0 Å². The number of nitrogens with zero attached hydrogens (tertiary/aromatic N) is 3. The summed E-state index contributed by atoms with van der Waals surface area (Å²) in [6.07, 6.45) is 1.70. The zero-order chi connectivity index (χ0) is 14.7. The molecule has 0 saturated carbocycles. The third kappa shape index (κ3) is 3.21. The zero-order valence-electron chi connectivity index (χ0n) is 12.2. The third-order valence-electron chi connectivity index (χ3n) is 4.16. The second-order valence-corrected chi connectivity index (χ2v) is 5.69. The lowest BCUT2D eigenvalue weighted by Crippen LogP contribution is -2.60. The van der Waals surface area contributed by atoms with Crippen LogP contribution in [0.1, 0.15) is 12.8 Å². The van der Waals surface area contributed by atoms with Gasteiger partial charge in [-0.2, -0.15) is 0 Å². The van der Waals surface area contributed by atoms with E-state index in [9.17, 15) is 14.7 Å². The van der Waals surface area contributed by atoms with Gasteiger partial charge in [-0.25, -0.2) is 4.79 Å². The number of urea groups is 1. The topological polar surface area (TPSA) is 76.1 Å². The highest BCUT2D eigenvalue weighted by Crippen LogP contribution is 2.20. The Bertz CT molecular complexity index is 367. The molecule has 0 aromatic carbocycles. The molecule has 2 aliphatic rings. The third-order valence-corrected chi connectivity index (χ3v) is 4.16. The van der Waals surface area contributed by atoms with Crippen LogP contribution in [-0.2, 0) is 4.79 Å². The minimum atomic E-state index is -0.760. The van der Waals surface area contributed by atoms with Crippen LogP contribution < -0.4 is 5.32 Å². The fourth-order valence-electron chi connectivity index (χ4n) is 3.06. The first kappa shape index (κ1) is 15.1. The van der Waals surface area contributed by atoms with Crippen LogP contribution in [0.2, 0.25) is 0 Å². The highest BCUT2D eigenvalue weighted by Gasteiger charge is 2.35. The van der Waals surface area contributed by atoms with Crippen LogP contribution in [0.25, 0.3) is 0 Å². The molecule has 2 amide bonds. The number of piperazine rings is 1.